The molecule has 0 aliphatic rings. The van der Waals surface area contributed by atoms with Gasteiger partial charge in [0.15, 0.2) is 0 Å². The van der Waals surface area contributed by atoms with E-state index < -0.39 is 0 Å². The highest BCUT2D eigenvalue weighted by molar-refractivity contribution is 4.45. The van der Waals surface area contributed by atoms with Crippen molar-refractivity contribution >= 4 is 0 Å². The molecule has 0 spiro atoms. The second-order valence-electron chi connectivity index (χ2n) is 7.69. The van der Waals surface area contributed by atoms with E-state index in [4.69, 9.17) is 10.2 Å². The molecule has 128 valence electrons. The van der Waals surface area contributed by atoms with Crippen LogP contribution in [0.5, 0.6) is 0 Å². The molecule has 21 heavy (non-hydrogen) atoms. The fraction of sp³-hybridized carbons (Fsp3) is 1.00. The van der Waals surface area contributed by atoms with Gasteiger partial charge in [0.1, 0.15) is 0 Å². The summed E-state index contributed by atoms with van der Waals surface area (Å²) in [5.41, 5.74) is 0. The molecule has 0 bridgehead atoms. The lowest BCUT2D eigenvalue weighted by atomic mass is 10.2. The summed E-state index contributed by atoms with van der Waals surface area (Å²) in [7, 11) is 9.28. The topological polar surface area (TPSA) is 40.5 Å². The smallest absolute Gasteiger partial charge is 0.0836 e. The standard InChI is InChI=1S/C17H40N2O2/c1-18(2,12-7-5-9-16-20)14-11-15-19(3,4)13-8-6-10-17-21/h20-21H,5-17H2,1-4H3/q+2. The second-order valence-corrected chi connectivity index (χ2v) is 7.69. The molecule has 0 saturated heterocycles. The van der Waals surface area contributed by atoms with Gasteiger partial charge in [0, 0.05) is 19.6 Å². The lowest BCUT2D eigenvalue weighted by Gasteiger charge is -2.33. The predicted octanol–water partition coefficient (Wildman–Crippen LogP) is 1.85. The van der Waals surface area contributed by atoms with Crippen molar-refractivity contribution in [1.29, 1.82) is 0 Å². The summed E-state index contributed by atoms with van der Waals surface area (Å²) in [6, 6.07) is 0. The summed E-state index contributed by atoms with van der Waals surface area (Å²) in [5.74, 6) is 0. The Morgan fingerprint density at radius 3 is 1.14 bits per heavy atom. The normalized spacial score (nSPS) is 12.9. The molecule has 4 heteroatoms. The van der Waals surface area contributed by atoms with Gasteiger partial charge in [-0.1, -0.05) is 0 Å². The average Bonchev–Trinajstić information content (AvgIpc) is 2.39. The maximum Gasteiger partial charge on any atom is 0.0836 e. The van der Waals surface area contributed by atoms with E-state index in [1.807, 2.05) is 0 Å². The van der Waals surface area contributed by atoms with Crippen molar-refractivity contribution in [2.75, 3.05) is 67.6 Å². The lowest BCUT2D eigenvalue weighted by Crippen LogP contribution is -2.46. The number of hydrogen-bond acceptors (Lipinski definition) is 2. The van der Waals surface area contributed by atoms with Crippen molar-refractivity contribution in [1.82, 2.24) is 0 Å². The van der Waals surface area contributed by atoms with Gasteiger partial charge < -0.3 is 19.2 Å². The third-order valence-electron chi connectivity index (χ3n) is 4.37. The van der Waals surface area contributed by atoms with E-state index in [9.17, 15) is 0 Å². The maximum absolute atomic E-state index is 8.81. The summed E-state index contributed by atoms with van der Waals surface area (Å²) < 4.78 is 2.19. The summed E-state index contributed by atoms with van der Waals surface area (Å²) in [6.07, 6.45) is 7.87. The van der Waals surface area contributed by atoms with Gasteiger partial charge in [0.2, 0.25) is 0 Å². The first kappa shape index (κ1) is 20.8. The fourth-order valence-corrected chi connectivity index (χ4v) is 2.81. The number of nitrogens with zero attached hydrogens (tertiary/aromatic N) is 2. The zero-order chi connectivity index (χ0) is 16.2. The van der Waals surface area contributed by atoms with Gasteiger partial charge in [-0.15, -0.1) is 0 Å². The molecule has 0 saturated carbocycles. The Morgan fingerprint density at radius 2 is 0.810 bits per heavy atom. The quantitative estimate of drug-likeness (QED) is 0.380. The van der Waals surface area contributed by atoms with E-state index in [0.29, 0.717) is 13.2 Å². The molecule has 0 aliphatic heterocycles. The van der Waals surface area contributed by atoms with E-state index in [1.165, 1.54) is 45.4 Å². The molecular weight excluding hydrogens is 264 g/mol. The molecule has 0 fully saturated rings. The van der Waals surface area contributed by atoms with E-state index >= 15 is 0 Å². The Hall–Kier alpha value is -0.160. The van der Waals surface area contributed by atoms with Crippen LogP contribution in [0, 0.1) is 0 Å². The van der Waals surface area contributed by atoms with Gasteiger partial charge in [0.05, 0.1) is 54.4 Å². The Morgan fingerprint density at radius 1 is 0.476 bits per heavy atom. The van der Waals surface area contributed by atoms with Crippen LogP contribution in [0.25, 0.3) is 0 Å². The lowest BCUT2D eigenvalue weighted by molar-refractivity contribution is -0.909. The van der Waals surface area contributed by atoms with E-state index in [0.717, 1.165) is 34.6 Å². The molecule has 0 radical (unpaired) electrons. The monoisotopic (exact) mass is 304 g/mol. The van der Waals surface area contributed by atoms with E-state index in [2.05, 4.69) is 28.2 Å². The maximum atomic E-state index is 8.81. The number of aliphatic hydroxyl groups is 2. The number of hydrogen-bond donors (Lipinski definition) is 2. The van der Waals surface area contributed by atoms with Crippen molar-refractivity contribution in [3.8, 4) is 0 Å². The highest BCUT2D eigenvalue weighted by Gasteiger charge is 2.19. The van der Waals surface area contributed by atoms with Gasteiger partial charge in [0.25, 0.3) is 0 Å². The summed E-state index contributed by atoms with van der Waals surface area (Å²) in [5, 5.41) is 17.6. The van der Waals surface area contributed by atoms with E-state index in [-0.39, 0.29) is 0 Å². The molecule has 0 aromatic carbocycles. The first-order chi connectivity index (χ1) is 9.83. The predicted molar refractivity (Wildman–Crippen MR) is 90.2 cm³/mol. The van der Waals surface area contributed by atoms with Crippen molar-refractivity contribution in [2.24, 2.45) is 0 Å². The van der Waals surface area contributed by atoms with Crippen LogP contribution in [0.1, 0.15) is 44.9 Å². The minimum Gasteiger partial charge on any atom is -0.396 e. The molecule has 0 aliphatic carbocycles. The summed E-state index contributed by atoms with van der Waals surface area (Å²) >= 11 is 0. The van der Waals surface area contributed by atoms with Crippen LogP contribution in [-0.2, 0) is 0 Å². The number of unbranched alkanes of at least 4 members (excludes halogenated alkanes) is 4. The summed E-state index contributed by atoms with van der Waals surface area (Å²) in [4.78, 5) is 0. The van der Waals surface area contributed by atoms with Crippen molar-refractivity contribution in [2.45, 2.75) is 44.9 Å². The van der Waals surface area contributed by atoms with Crippen molar-refractivity contribution in [3.63, 3.8) is 0 Å². The molecule has 0 aromatic heterocycles. The highest BCUT2D eigenvalue weighted by atomic mass is 16.3. The van der Waals surface area contributed by atoms with Gasteiger partial charge in [-0.25, -0.2) is 0 Å². The Kier molecular flexibility index (Phi) is 11.3. The molecule has 0 heterocycles. The molecule has 0 unspecified atom stereocenters. The Balaban J connectivity index is 3.77. The molecule has 0 atom stereocenters. The number of aliphatic hydroxyl groups excluding tert-OH is 2. The molecule has 2 N–H and O–H groups in total. The molecule has 4 nitrogen and oxygen atoms in total. The zero-order valence-electron chi connectivity index (χ0n) is 15.0. The van der Waals surface area contributed by atoms with Gasteiger partial charge in [-0.2, -0.15) is 0 Å². The van der Waals surface area contributed by atoms with Crippen LogP contribution in [0.2, 0.25) is 0 Å². The van der Waals surface area contributed by atoms with Gasteiger partial charge >= 0.3 is 0 Å². The number of rotatable bonds is 14. The van der Waals surface area contributed by atoms with Gasteiger partial charge in [-0.3, -0.25) is 0 Å². The number of quaternary nitrogens is 2. The van der Waals surface area contributed by atoms with Crippen molar-refractivity contribution < 1.29 is 19.2 Å². The van der Waals surface area contributed by atoms with Gasteiger partial charge in [-0.05, 0) is 38.5 Å². The van der Waals surface area contributed by atoms with Crippen LogP contribution < -0.4 is 0 Å². The van der Waals surface area contributed by atoms with Crippen LogP contribution in [0.15, 0.2) is 0 Å². The highest BCUT2D eigenvalue weighted by Crippen LogP contribution is 2.09. The molecule has 0 aromatic rings. The van der Waals surface area contributed by atoms with Crippen molar-refractivity contribution in [3.05, 3.63) is 0 Å². The fourth-order valence-electron chi connectivity index (χ4n) is 2.81. The zero-order valence-corrected chi connectivity index (χ0v) is 15.0. The van der Waals surface area contributed by atoms with E-state index in [1.54, 1.807) is 0 Å². The largest absolute Gasteiger partial charge is 0.396 e. The Bertz CT molecular complexity index is 219. The molecule has 0 amide bonds. The minimum absolute atomic E-state index is 0.329. The average molecular weight is 305 g/mol. The molecule has 0 rings (SSSR count). The summed E-state index contributed by atoms with van der Waals surface area (Å²) in [6.45, 7) is 5.55. The Labute approximate surface area is 132 Å². The molecular formula is C17H40N2O2+2. The first-order valence-corrected chi connectivity index (χ1v) is 8.69. The van der Waals surface area contributed by atoms with Crippen LogP contribution in [-0.4, -0.2) is 86.8 Å². The SMILES string of the molecule is C[N+](C)(CCCCCO)CCC[N+](C)(C)CCCCCO. The third-order valence-corrected chi connectivity index (χ3v) is 4.37. The van der Waals surface area contributed by atoms with Crippen LogP contribution in [0.3, 0.4) is 0 Å². The van der Waals surface area contributed by atoms with Crippen LogP contribution in [0.4, 0.5) is 0 Å². The second kappa shape index (κ2) is 11.4. The van der Waals surface area contributed by atoms with Crippen LogP contribution >= 0.6 is 0 Å². The third kappa shape index (κ3) is 13.2. The first-order valence-electron chi connectivity index (χ1n) is 8.69. The minimum atomic E-state index is 0.329.